The fourth-order valence-electron chi connectivity index (χ4n) is 3.30. The average molecular weight is 468 g/mol. The van der Waals surface area contributed by atoms with Crippen molar-refractivity contribution in [3.63, 3.8) is 0 Å². The van der Waals surface area contributed by atoms with E-state index in [2.05, 4.69) is 0 Å². The van der Waals surface area contributed by atoms with Crippen molar-refractivity contribution in [2.45, 2.75) is 13.5 Å². The van der Waals surface area contributed by atoms with E-state index in [1.807, 2.05) is 17.5 Å². The molecule has 33 heavy (non-hydrogen) atoms. The largest absolute Gasteiger partial charge is 0.486 e. The zero-order valence-electron chi connectivity index (χ0n) is 17.7. The number of nitro benzene ring substituents is 1. The summed E-state index contributed by atoms with van der Waals surface area (Å²) in [6.07, 6.45) is 0. The molecule has 0 bridgehead atoms. The molecule has 10 heteroatoms. The molecule has 1 amide bonds. The van der Waals surface area contributed by atoms with Crippen molar-refractivity contribution in [1.29, 1.82) is 0 Å². The van der Waals surface area contributed by atoms with Crippen molar-refractivity contribution in [2.24, 2.45) is 0 Å². The Bertz CT molecular complexity index is 1190. The summed E-state index contributed by atoms with van der Waals surface area (Å²) in [6.45, 7) is 2.20. The molecule has 2 heterocycles. The lowest BCUT2D eigenvalue weighted by Gasteiger charge is -2.25. The van der Waals surface area contributed by atoms with Gasteiger partial charge in [0, 0.05) is 28.3 Å². The van der Waals surface area contributed by atoms with Gasteiger partial charge < -0.3 is 19.1 Å². The first kappa shape index (κ1) is 22.3. The molecule has 0 saturated carbocycles. The molecule has 0 unspecified atom stereocenters. The number of ether oxygens (including phenoxy) is 3. The van der Waals surface area contributed by atoms with Gasteiger partial charge in [-0.15, -0.1) is 11.3 Å². The highest BCUT2D eigenvalue weighted by molar-refractivity contribution is 7.09. The minimum Gasteiger partial charge on any atom is -0.486 e. The van der Waals surface area contributed by atoms with Crippen LogP contribution in [0, 0.1) is 17.0 Å². The van der Waals surface area contributed by atoms with Crippen LogP contribution in [0.2, 0.25) is 0 Å². The lowest BCUT2D eigenvalue weighted by Crippen LogP contribution is -2.34. The van der Waals surface area contributed by atoms with Gasteiger partial charge in [-0.1, -0.05) is 12.1 Å². The first-order valence-electron chi connectivity index (χ1n) is 10.1. The molecule has 0 saturated heterocycles. The third-order valence-electron chi connectivity index (χ3n) is 5.00. The monoisotopic (exact) mass is 468 g/mol. The van der Waals surface area contributed by atoms with E-state index in [0.29, 0.717) is 36.0 Å². The van der Waals surface area contributed by atoms with Crippen LogP contribution in [0.3, 0.4) is 0 Å². The molecule has 0 radical (unpaired) electrons. The third kappa shape index (κ3) is 5.12. The van der Waals surface area contributed by atoms with Crippen molar-refractivity contribution in [2.75, 3.05) is 24.7 Å². The summed E-state index contributed by atoms with van der Waals surface area (Å²) < 4.78 is 16.4. The van der Waals surface area contributed by atoms with Crippen molar-refractivity contribution >= 4 is 34.6 Å². The molecule has 1 aliphatic rings. The highest BCUT2D eigenvalue weighted by Gasteiger charge is 2.23. The second kappa shape index (κ2) is 9.70. The van der Waals surface area contributed by atoms with Crippen molar-refractivity contribution in [1.82, 2.24) is 0 Å². The number of amides is 1. The molecule has 1 aliphatic heterocycles. The number of nitrogens with zero attached hydrogens (tertiary/aromatic N) is 2. The SMILES string of the molecule is Cc1ccc(C(=O)OCC(=O)N(Cc2cccs2)c2ccc3c(c2)OCCO3)cc1[N+](=O)[O-]. The third-order valence-corrected chi connectivity index (χ3v) is 5.86. The van der Waals surface area contributed by atoms with Crippen LogP contribution in [0.15, 0.2) is 53.9 Å². The number of carbonyl (C=O) groups is 2. The fraction of sp³-hybridized carbons (Fsp3) is 0.217. The van der Waals surface area contributed by atoms with Crippen LogP contribution in [0.25, 0.3) is 0 Å². The van der Waals surface area contributed by atoms with Crippen LogP contribution in [0.4, 0.5) is 11.4 Å². The van der Waals surface area contributed by atoms with E-state index in [9.17, 15) is 19.7 Å². The molecule has 0 spiro atoms. The zero-order chi connectivity index (χ0) is 23.4. The van der Waals surface area contributed by atoms with Gasteiger partial charge in [-0.05, 0) is 36.6 Å². The first-order chi connectivity index (χ1) is 15.9. The number of thiophene rings is 1. The minimum atomic E-state index is -0.815. The normalized spacial score (nSPS) is 12.2. The quantitative estimate of drug-likeness (QED) is 0.291. The van der Waals surface area contributed by atoms with Crippen LogP contribution in [-0.2, 0) is 16.1 Å². The van der Waals surface area contributed by atoms with E-state index in [0.717, 1.165) is 10.9 Å². The van der Waals surface area contributed by atoms with Gasteiger partial charge in [0.1, 0.15) is 13.2 Å². The van der Waals surface area contributed by atoms with Crippen molar-refractivity contribution in [3.8, 4) is 11.5 Å². The lowest BCUT2D eigenvalue weighted by molar-refractivity contribution is -0.385. The Balaban J connectivity index is 1.51. The van der Waals surface area contributed by atoms with Crippen molar-refractivity contribution < 1.29 is 28.7 Å². The maximum atomic E-state index is 13.1. The number of anilines is 1. The summed E-state index contributed by atoms with van der Waals surface area (Å²) in [5.41, 5.74) is 0.809. The summed E-state index contributed by atoms with van der Waals surface area (Å²) in [7, 11) is 0. The molecule has 0 N–H and O–H groups in total. The standard InChI is InChI=1S/C23H20N2O7S/c1-15-4-5-16(11-19(15)25(28)29)23(27)32-14-22(26)24(13-18-3-2-10-33-18)17-6-7-20-21(12-17)31-9-8-30-20/h2-7,10-12H,8-9,13-14H2,1H3. The number of hydrogen-bond donors (Lipinski definition) is 0. The van der Waals surface area contributed by atoms with Gasteiger partial charge in [0.15, 0.2) is 18.1 Å². The predicted molar refractivity (Wildman–Crippen MR) is 121 cm³/mol. The number of hydrogen-bond acceptors (Lipinski definition) is 8. The molecule has 0 atom stereocenters. The second-order valence-electron chi connectivity index (χ2n) is 7.22. The van der Waals surface area contributed by atoms with Gasteiger partial charge in [0.25, 0.3) is 11.6 Å². The van der Waals surface area contributed by atoms with Gasteiger partial charge in [-0.3, -0.25) is 14.9 Å². The molecule has 2 aromatic carbocycles. The Kier molecular flexibility index (Phi) is 6.55. The molecule has 170 valence electrons. The number of aryl methyl sites for hydroxylation is 1. The van der Waals surface area contributed by atoms with Crippen LogP contribution in [-0.4, -0.2) is 36.6 Å². The molecule has 0 fully saturated rings. The maximum Gasteiger partial charge on any atom is 0.338 e. The molecular formula is C23H20N2O7S. The number of esters is 1. The number of benzene rings is 2. The average Bonchev–Trinajstić information content (AvgIpc) is 3.34. The van der Waals surface area contributed by atoms with E-state index in [-0.39, 0.29) is 17.8 Å². The van der Waals surface area contributed by atoms with Gasteiger partial charge in [-0.25, -0.2) is 4.79 Å². The van der Waals surface area contributed by atoms with Gasteiger partial charge in [0.2, 0.25) is 0 Å². The molecule has 3 aromatic rings. The van der Waals surface area contributed by atoms with E-state index in [1.165, 1.54) is 28.4 Å². The summed E-state index contributed by atoms with van der Waals surface area (Å²) >= 11 is 1.50. The molecule has 4 rings (SSSR count). The first-order valence-corrected chi connectivity index (χ1v) is 10.9. The van der Waals surface area contributed by atoms with E-state index in [4.69, 9.17) is 14.2 Å². The molecule has 0 aliphatic carbocycles. The van der Waals surface area contributed by atoms with Gasteiger partial charge in [0.05, 0.1) is 17.0 Å². The summed E-state index contributed by atoms with van der Waals surface area (Å²) in [5, 5.41) is 13.0. The molecule has 1 aromatic heterocycles. The Morgan fingerprint density at radius 2 is 1.91 bits per heavy atom. The highest BCUT2D eigenvalue weighted by Crippen LogP contribution is 2.34. The topological polar surface area (TPSA) is 108 Å². The second-order valence-corrected chi connectivity index (χ2v) is 8.25. The minimum absolute atomic E-state index is 0.00392. The lowest BCUT2D eigenvalue weighted by atomic mass is 10.1. The number of fused-ring (bicyclic) bond motifs is 1. The Morgan fingerprint density at radius 1 is 1.12 bits per heavy atom. The maximum absolute atomic E-state index is 13.1. The van der Waals surface area contributed by atoms with Crippen LogP contribution in [0.1, 0.15) is 20.8 Å². The van der Waals surface area contributed by atoms with Crippen molar-refractivity contribution in [3.05, 3.63) is 80.0 Å². The van der Waals surface area contributed by atoms with Crippen LogP contribution < -0.4 is 14.4 Å². The Morgan fingerprint density at radius 3 is 2.64 bits per heavy atom. The van der Waals surface area contributed by atoms with E-state index < -0.39 is 23.4 Å². The molecular weight excluding hydrogens is 448 g/mol. The smallest absolute Gasteiger partial charge is 0.338 e. The van der Waals surface area contributed by atoms with Crippen LogP contribution >= 0.6 is 11.3 Å². The van der Waals surface area contributed by atoms with E-state index in [1.54, 1.807) is 25.1 Å². The fourth-order valence-corrected chi connectivity index (χ4v) is 4.00. The summed E-state index contributed by atoms with van der Waals surface area (Å²) in [5.74, 6) is -0.132. The van der Waals surface area contributed by atoms with Gasteiger partial charge >= 0.3 is 5.97 Å². The number of rotatable bonds is 7. The highest BCUT2D eigenvalue weighted by atomic mass is 32.1. The molecule has 9 nitrogen and oxygen atoms in total. The Hall–Kier alpha value is -3.92. The zero-order valence-corrected chi connectivity index (χ0v) is 18.5. The van der Waals surface area contributed by atoms with Gasteiger partial charge in [-0.2, -0.15) is 0 Å². The van der Waals surface area contributed by atoms with E-state index >= 15 is 0 Å². The predicted octanol–water partition coefficient (Wildman–Crippen LogP) is 4.13. The Labute approximate surface area is 193 Å². The number of nitro groups is 1. The number of carbonyl (C=O) groups excluding carboxylic acids is 2. The summed E-state index contributed by atoms with van der Waals surface area (Å²) in [6, 6.07) is 13.0. The van der Waals surface area contributed by atoms with Crippen LogP contribution in [0.5, 0.6) is 11.5 Å². The summed E-state index contributed by atoms with van der Waals surface area (Å²) in [4.78, 5) is 38.5.